The van der Waals surface area contributed by atoms with Crippen molar-refractivity contribution in [2.24, 2.45) is 5.92 Å². The van der Waals surface area contributed by atoms with Gasteiger partial charge in [-0.15, -0.1) is 0 Å². The molecule has 1 unspecified atom stereocenters. The molecule has 1 aromatic carbocycles. The van der Waals surface area contributed by atoms with Crippen molar-refractivity contribution in [3.63, 3.8) is 0 Å². The third kappa shape index (κ3) is 3.47. The van der Waals surface area contributed by atoms with Crippen LogP contribution in [0.4, 0.5) is 0 Å². The molecule has 1 aliphatic carbocycles. The highest BCUT2D eigenvalue weighted by molar-refractivity contribution is 5.30. The monoisotopic (exact) mass is 233 g/mol. The van der Waals surface area contributed by atoms with Crippen molar-refractivity contribution in [2.45, 2.75) is 38.6 Å². The van der Waals surface area contributed by atoms with Crippen LogP contribution < -0.4 is 10.1 Å². The summed E-state index contributed by atoms with van der Waals surface area (Å²) < 4.78 is 5.90. The van der Waals surface area contributed by atoms with E-state index in [-0.39, 0.29) is 0 Å². The van der Waals surface area contributed by atoms with Crippen LogP contribution in [-0.4, -0.2) is 13.7 Å². The highest BCUT2D eigenvalue weighted by atomic mass is 16.5. The van der Waals surface area contributed by atoms with Crippen molar-refractivity contribution in [1.29, 1.82) is 0 Å². The predicted molar refractivity (Wildman–Crippen MR) is 71.4 cm³/mol. The molecule has 94 valence electrons. The fraction of sp³-hybridized carbons (Fsp3) is 0.600. The number of rotatable bonds is 5. The Morgan fingerprint density at radius 1 is 1.35 bits per heavy atom. The third-order valence-corrected chi connectivity index (χ3v) is 3.75. The number of hydrogen-bond donors (Lipinski definition) is 1. The van der Waals surface area contributed by atoms with E-state index in [4.69, 9.17) is 4.74 Å². The quantitative estimate of drug-likeness (QED) is 0.840. The number of benzene rings is 1. The van der Waals surface area contributed by atoms with Gasteiger partial charge in [-0.05, 0) is 50.4 Å². The minimum absolute atomic E-state index is 0.380. The van der Waals surface area contributed by atoms with Gasteiger partial charge in [0.2, 0.25) is 0 Å². The summed E-state index contributed by atoms with van der Waals surface area (Å²) in [5.74, 6) is 1.79. The van der Waals surface area contributed by atoms with Gasteiger partial charge in [-0.3, -0.25) is 0 Å². The van der Waals surface area contributed by atoms with Gasteiger partial charge < -0.3 is 10.1 Å². The first-order valence-electron chi connectivity index (χ1n) is 6.69. The van der Waals surface area contributed by atoms with Gasteiger partial charge in [-0.2, -0.15) is 0 Å². The van der Waals surface area contributed by atoms with Crippen LogP contribution in [0.1, 0.15) is 44.2 Å². The van der Waals surface area contributed by atoms with Gasteiger partial charge in [0.1, 0.15) is 5.75 Å². The zero-order valence-electron chi connectivity index (χ0n) is 10.9. The molecule has 2 heteroatoms. The SMILES string of the molecule is CNC(C)c1cccc(OCC2CCCC2)c1. The normalized spacial score (nSPS) is 18.2. The summed E-state index contributed by atoms with van der Waals surface area (Å²) in [5.41, 5.74) is 1.29. The molecular weight excluding hydrogens is 210 g/mol. The van der Waals surface area contributed by atoms with E-state index in [0.29, 0.717) is 6.04 Å². The van der Waals surface area contributed by atoms with Gasteiger partial charge in [0.05, 0.1) is 6.61 Å². The average molecular weight is 233 g/mol. The lowest BCUT2D eigenvalue weighted by Gasteiger charge is -2.14. The first kappa shape index (κ1) is 12.4. The highest BCUT2D eigenvalue weighted by Gasteiger charge is 2.15. The Morgan fingerprint density at radius 3 is 2.82 bits per heavy atom. The molecule has 0 saturated heterocycles. The smallest absolute Gasteiger partial charge is 0.119 e. The van der Waals surface area contributed by atoms with Crippen molar-refractivity contribution in [3.8, 4) is 5.75 Å². The first-order valence-corrected chi connectivity index (χ1v) is 6.69. The number of nitrogens with one attached hydrogen (secondary N) is 1. The van der Waals surface area contributed by atoms with E-state index in [1.165, 1.54) is 31.2 Å². The minimum atomic E-state index is 0.380. The summed E-state index contributed by atoms with van der Waals surface area (Å²) in [6.07, 6.45) is 5.44. The maximum absolute atomic E-state index is 5.90. The van der Waals surface area contributed by atoms with Crippen LogP contribution in [0, 0.1) is 5.92 Å². The predicted octanol–water partition coefficient (Wildman–Crippen LogP) is 3.54. The molecule has 0 radical (unpaired) electrons. The Labute approximate surface area is 104 Å². The topological polar surface area (TPSA) is 21.3 Å². The van der Waals surface area contributed by atoms with E-state index < -0.39 is 0 Å². The lowest BCUT2D eigenvalue weighted by molar-refractivity contribution is 0.252. The molecule has 0 aliphatic heterocycles. The molecule has 2 nitrogen and oxygen atoms in total. The summed E-state index contributed by atoms with van der Waals surface area (Å²) in [5, 5.41) is 3.25. The Bertz CT molecular complexity index is 345. The molecule has 1 saturated carbocycles. The van der Waals surface area contributed by atoms with Crippen molar-refractivity contribution in [2.75, 3.05) is 13.7 Å². The highest BCUT2D eigenvalue weighted by Crippen LogP contribution is 2.26. The van der Waals surface area contributed by atoms with Gasteiger partial charge in [-0.1, -0.05) is 25.0 Å². The summed E-state index contributed by atoms with van der Waals surface area (Å²) in [4.78, 5) is 0. The van der Waals surface area contributed by atoms with E-state index in [0.717, 1.165) is 18.3 Å². The van der Waals surface area contributed by atoms with Crippen molar-refractivity contribution < 1.29 is 4.74 Å². The Balaban J connectivity index is 1.91. The molecule has 0 aromatic heterocycles. The minimum Gasteiger partial charge on any atom is -0.493 e. The van der Waals surface area contributed by atoms with Crippen molar-refractivity contribution >= 4 is 0 Å². The molecule has 1 atom stereocenters. The second-order valence-electron chi connectivity index (χ2n) is 5.04. The Kier molecular flexibility index (Phi) is 4.43. The molecule has 0 heterocycles. The lowest BCUT2D eigenvalue weighted by Crippen LogP contribution is -2.13. The third-order valence-electron chi connectivity index (χ3n) is 3.75. The van der Waals surface area contributed by atoms with Gasteiger partial charge in [0.25, 0.3) is 0 Å². The number of ether oxygens (including phenoxy) is 1. The average Bonchev–Trinajstić information content (AvgIpc) is 2.89. The van der Waals surface area contributed by atoms with Gasteiger partial charge >= 0.3 is 0 Å². The van der Waals surface area contributed by atoms with Crippen LogP contribution in [0.3, 0.4) is 0 Å². The van der Waals surface area contributed by atoms with E-state index in [1.807, 2.05) is 7.05 Å². The Hall–Kier alpha value is -1.02. The summed E-state index contributed by atoms with van der Waals surface area (Å²) in [6.45, 7) is 3.05. The molecule has 1 fully saturated rings. The molecule has 1 aromatic rings. The largest absolute Gasteiger partial charge is 0.493 e. The van der Waals surface area contributed by atoms with Crippen LogP contribution in [0.15, 0.2) is 24.3 Å². The van der Waals surface area contributed by atoms with E-state index >= 15 is 0 Å². The second kappa shape index (κ2) is 6.06. The lowest BCUT2D eigenvalue weighted by atomic mass is 10.1. The Morgan fingerprint density at radius 2 is 2.12 bits per heavy atom. The molecule has 0 bridgehead atoms. The molecule has 17 heavy (non-hydrogen) atoms. The maximum Gasteiger partial charge on any atom is 0.119 e. The summed E-state index contributed by atoms with van der Waals surface area (Å²) in [7, 11) is 1.98. The summed E-state index contributed by atoms with van der Waals surface area (Å²) in [6, 6.07) is 8.80. The van der Waals surface area contributed by atoms with Gasteiger partial charge in [0.15, 0.2) is 0 Å². The number of hydrogen-bond acceptors (Lipinski definition) is 2. The van der Waals surface area contributed by atoms with Crippen molar-refractivity contribution in [1.82, 2.24) is 5.32 Å². The van der Waals surface area contributed by atoms with Gasteiger partial charge in [0, 0.05) is 6.04 Å². The fourth-order valence-electron chi connectivity index (χ4n) is 2.43. The molecule has 0 spiro atoms. The standard InChI is InChI=1S/C15H23NO/c1-12(16-2)14-8-5-9-15(10-14)17-11-13-6-3-4-7-13/h5,8-10,12-13,16H,3-4,6-7,11H2,1-2H3. The first-order chi connectivity index (χ1) is 8.29. The van der Waals surface area contributed by atoms with Crippen LogP contribution >= 0.6 is 0 Å². The fourth-order valence-corrected chi connectivity index (χ4v) is 2.43. The molecule has 2 rings (SSSR count). The zero-order chi connectivity index (χ0) is 12.1. The molecule has 1 aliphatic rings. The van der Waals surface area contributed by atoms with Crippen LogP contribution in [0.5, 0.6) is 5.75 Å². The van der Waals surface area contributed by atoms with Crippen LogP contribution in [0.25, 0.3) is 0 Å². The van der Waals surface area contributed by atoms with E-state index in [9.17, 15) is 0 Å². The molecular formula is C15H23NO. The van der Waals surface area contributed by atoms with Crippen LogP contribution in [-0.2, 0) is 0 Å². The van der Waals surface area contributed by atoms with Crippen LogP contribution in [0.2, 0.25) is 0 Å². The maximum atomic E-state index is 5.90. The van der Waals surface area contributed by atoms with Crippen molar-refractivity contribution in [3.05, 3.63) is 29.8 Å². The summed E-state index contributed by atoms with van der Waals surface area (Å²) >= 11 is 0. The van der Waals surface area contributed by atoms with E-state index in [1.54, 1.807) is 0 Å². The molecule has 1 N–H and O–H groups in total. The van der Waals surface area contributed by atoms with E-state index in [2.05, 4.69) is 36.5 Å². The molecule has 0 amide bonds. The second-order valence-corrected chi connectivity index (χ2v) is 5.04. The van der Waals surface area contributed by atoms with Gasteiger partial charge in [-0.25, -0.2) is 0 Å². The zero-order valence-corrected chi connectivity index (χ0v) is 10.9.